The van der Waals surface area contributed by atoms with E-state index in [9.17, 15) is 22.7 Å². The first-order valence-electron chi connectivity index (χ1n) is 7.25. The number of hydrogen-bond donors (Lipinski definition) is 1. The number of halogens is 1. The van der Waals surface area contributed by atoms with E-state index in [0.717, 1.165) is 0 Å². The fraction of sp³-hybridized carbons (Fsp3) is 0.533. The molecule has 1 saturated heterocycles. The molecule has 0 radical (unpaired) electrons. The zero-order valence-corrected chi connectivity index (χ0v) is 13.3. The van der Waals surface area contributed by atoms with Crippen LogP contribution in [-0.2, 0) is 20.6 Å². The second-order valence-corrected chi connectivity index (χ2v) is 7.69. The van der Waals surface area contributed by atoms with Crippen molar-refractivity contribution in [2.75, 3.05) is 13.1 Å². The summed E-state index contributed by atoms with van der Waals surface area (Å²) in [6, 6.07) is 5.73. The zero-order chi connectivity index (χ0) is 16.4. The van der Waals surface area contributed by atoms with Gasteiger partial charge in [0.05, 0.1) is 11.2 Å². The van der Waals surface area contributed by atoms with Crippen LogP contribution in [0.25, 0.3) is 0 Å². The fourth-order valence-electron chi connectivity index (χ4n) is 2.84. The van der Waals surface area contributed by atoms with Gasteiger partial charge in [-0.25, -0.2) is 17.1 Å². The van der Waals surface area contributed by atoms with Gasteiger partial charge < -0.3 is 5.11 Å². The van der Waals surface area contributed by atoms with Crippen molar-refractivity contribution in [3.8, 4) is 0 Å². The van der Waals surface area contributed by atoms with Crippen LogP contribution in [0.3, 0.4) is 0 Å². The molecule has 0 bridgehead atoms. The Morgan fingerprint density at radius 1 is 1.41 bits per heavy atom. The number of hydrogen-bond acceptors (Lipinski definition) is 3. The van der Waals surface area contributed by atoms with Crippen LogP contribution in [0.2, 0.25) is 0 Å². The van der Waals surface area contributed by atoms with E-state index >= 15 is 0 Å². The van der Waals surface area contributed by atoms with Crippen molar-refractivity contribution in [2.24, 2.45) is 5.41 Å². The Kier molecular flexibility index (Phi) is 4.87. The van der Waals surface area contributed by atoms with Gasteiger partial charge in [-0.1, -0.05) is 25.1 Å². The quantitative estimate of drug-likeness (QED) is 0.899. The molecule has 2 rings (SSSR count). The summed E-state index contributed by atoms with van der Waals surface area (Å²) in [6.45, 7) is 1.99. The first kappa shape index (κ1) is 16.9. The molecule has 1 N–H and O–H groups in total. The number of aliphatic carboxylic acids is 1. The summed E-state index contributed by atoms with van der Waals surface area (Å²) in [7, 11) is -3.74. The lowest BCUT2D eigenvalue weighted by molar-refractivity contribution is -0.151. The molecule has 1 aromatic carbocycles. The monoisotopic (exact) mass is 329 g/mol. The highest BCUT2D eigenvalue weighted by molar-refractivity contribution is 7.88. The van der Waals surface area contributed by atoms with E-state index in [4.69, 9.17) is 0 Å². The standard InChI is InChI=1S/C15H20FNO4S/c1-2-15(14(18)19)8-5-9-17(11-15)22(20,21)10-12-6-3-4-7-13(12)16/h3-4,6-7H,2,5,8-11H2,1H3,(H,18,19)/t15-/m1/s1. The Labute approximate surface area is 129 Å². The van der Waals surface area contributed by atoms with Gasteiger partial charge in [0.1, 0.15) is 5.82 Å². The Morgan fingerprint density at radius 3 is 2.68 bits per heavy atom. The molecule has 7 heteroatoms. The third-order valence-electron chi connectivity index (χ3n) is 4.36. The molecule has 0 aromatic heterocycles. The highest BCUT2D eigenvalue weighted by atomic mass is 32.2. The maximum Gasteiger partial charge on any atom is 0.310 e. The van der Waals surface area contributed by atoms with Crippen molar-refractivity contribution in [3.05, 3.63) is 35.6 Å². The molecular weight excluding hydrogens is 309 g/mol. The molecular formula is C15H20FNO4S. The zero-order valence-electron chi connectivity index (χ0n) is 12.5. The van der Waals surface area contributed by atoms with Gasteiger partial charge in [-0.2, -0.15) is 0 Å². The van der Waals surface area contributed by atoms with Crippen LogP contribution in [0, 0.1) is 11.2 Å². The van der Waals surface area contributed by atoms with Gasteiger partial charge in [0.2, 0.25) is 10.0 Å². The van der Waals surface area contributed by atoms with Crippen molar-refractivity contribution < 1.29 is 22.7 Å². The highest BCUT2D eigenvalue weighted by Gasteiger charge is 2.43. The third-order valence-corrected chi connectivity index (χ3v) is 6.14. The Balaban J connectivity index is 2.22. The molecule has 0 saturated carbocycles. The summed E-state index contributed by atoms with van der Waals surface area (Å²) in [5.74, 6) is -1.98. The Bertz CT molecular complexity index is 661. The number of benzene rings is 1. The molecule has 0 unspecified atom stereocenters. The van der Waals surface area contributed by atoms with Gasteiger partial charge in [-0.05, 0) is 25.3 Å². The summed E-state index contributed by atoms with van der Waals surface area (Å²) in [4.78, 5) is 11.5. The van der Waals surface area contributed by atoms with Gasteiger partial charge in [-0.15, -0.1) is 0 Å². The summed E-state index contributed by atoms with van der Waals surface area (Å²) in [6.07, 6.45) is 1.33. The minimum atomic E-state index is -3.74. The smallest absolute Gasteiger partial charge is 0.310 e. The SMILES string of the molecule is CC[C@@]1(C(=O)O)CCCN(S(=O)(=O)Cc2ccccc2F)C1. The lowest BCUT2D eigenvalue weighted by Crippen LogP contribution is -2.49. The van der Waals surface area contributed by atoms with E-state index in [1.807, 2.05) is 0 Å². The Hall–Kier alpha value is -1.47. The van der Waals surface area contributed by atoms with Crippen molar-refractivity contribution in [3.63, 3.8) is 0 Å². The predicted octanol–water partition coefficient (Wildman–Crippen LogP) is 2.23. The van der Waals surface area contributed by atoms with Gasteiger partial charge in [0.15, 0.2) is 0 Å². The predicted molar refractivity (Wildman–Crippen MR) is 80.2 cm³/mol. The van der Waals surface area contributed by atoms with E-state index < -0.39 is 33.0 Å². The minimum absolute atomic E-state index is 0.0460. The van der Waals surface area contributed by atoms with Crippen LogP contribution in [0.4, 0.5) is 4.39 Å². The molecule has 0 spiro atoms. The van der Waals surface area contributed by atoms with Gasteiger partial charge >= 0.3 is 5.97 Å². The lowest BCUT2D eigenvalue weighted by Gasteiger charge is -2.38. The topological polar surface area (TPSA) is 74.7 Å². The van der Waals surface area contributed by atoms with Crippen LogP contribution in [-0.4, -0.2) is 36.9 Å². The molecule has 5 nitrogen and oxygen atoms in total. The fourth-order valence-corrected chi connectivity index (χ4v) is 4.51. The van der Waals surface area contributed by atoms with Crippen molar-refractivity contribution in [2.45, 2.75) is 31.9 Å². The van der Waals surface area contributed by atoms with E-state index in [-0.39, 0.29) is 18.7 Å². The average molecular weight is 329 g/mol. The van der Waals surface area contributed by atoms with E-state index in [0.29, 0.717) is 19.3 Å². The number of carboxylic acids is 1. The second-order valence-electron chi connectivity index (χ2n) is 5.72. The molecule has 1 fully saturated rings. The lowest BCUT2D eigenvalue weighted by atomic mass is 9.78. The molecule has 1 aliphatic heterocycles. The van der Waals surface area contributed by atoms with Crippen molar-refractivity contribution in [1.29, 1.82) is 0 Å². The molecule has 1 atom stereocenters. The molecule has 22 heavy (non-hydrogen) atoms. The molecule has 0 amide bonds. The highest BCUT2D eigenvalue weighted by Crippen LogP contribution is 2.35. The van der Waals surface area contributed by atoms with E-state index in [2.05, 4.69) is 0 Å². The first-order valence-corrected chi connectivity index (χ1v) is 8.86. The maximum atomic E-state index is 13.7. The largest absolute Gasteiger partial charge is 0.481 e. The summed E-state index contributed by atoms with van der Waals surface area (Å²) >= 11 is 0. The number of sulfonamides is 1. The molecule has 0 aliphatic carbocycles. The van der Waals surface area contributed by atoms with E-state index in [1.165, 1.54) is 22.5 Å². The first-order chi connectivity index (χ1) is 10.3. The molecule has 1 aromatic rings. The summed E-state index contributed by atoms with van der Waals surface area (Å²) < 4.78 is 39.9. The van der Waals surface area contributed by atoms with Crippen molar-refractivity contribution in [1.82, 2.24) is 4.31 Å². The van der Waals surface area contributed by atoms with E-state index in [1.54, 1.807) is 13.0 Å². The average Bonchev–Trinajstić information content (AvgIpc) is 2.49. The van der Waals surface area contributed by atoms with Crippen LogP contribution in [0.1, 0.15) is 31.7 Å². The Morgan fingerprint density at radius 2 is 2.09 bits per heavy atom. The van der Waals surface area contributed by atoms with Crippen LogP contribution < -0.4 is 0 Å². The van der Waals surface area contributed by atoms with Crippen LogP contribution in [0.5, 0.6) is 0 Å². The number of rotatable bonds is 5. The molecule has 1 aliphatic rings. The molecule has 122 valence electrons. The molecule has 1 heterocycles. The number of piperidine rings is 1. The maximum absolute atomic E-state index is 13.7. The third kappa shape index (κ3) is 3.30. The second kappa shape index (κ2) is 6.34. The van der Waals surface area contributed by atoms with Gasteiger partial charge in [0, 0.05) is 18.7 Å². The van der Waals surface area contributed by atoms with Crippen molar-refractivity contribution >= 4 is 16.0 Å². The summed E-state index contributed by atoms with van der Waals surface area (Å²) in [5, 5.41) is 9.42. The summed E-state index contributed by atoms with van der Waals surface area (Å²) in [5.41, 5.74) is -0.939. The number of carbonyl (C=O) groups is 1. The van der Waals surface area contributed by atoms with Crippen LogP contribution in [0.15, 0.2) is 24.3 Å². The number of carboxylic acid groups (broad SMARTS) is 1. The normalized spacial score (nSPS) is 23.4. The van der Waals surface area contributed by atoms with Crippen LogP contribution >= 0.6 is 0 Å². The number of nitrogens with zero attached hydrogens (tertiary/aromatic N) is 1. The van der Waals surface area contributed by atoms with Gasteiger partial charge in [0.25, 0.3) is 0 Å². The van der Waals surface area contributed by atoms with Gasteiger partial charge in [-0.3, -0.25) is 4.79 Å². The minimum Gasteiger partial charge on any atom is -0.481 e.